The van der Waals surface area contributed by atoms with Crippen LogP contribution in [-0.2, 0) is 5.41 Å². The highest BCUT2D eigenvalue weighted by Crippen LogP contribution is 2.29. The molecular weight excluding hydrogens is 260 g/mol. The third-order valence-corrected chi connectivity index (χ3v) is 4.41. The summed E-state index contributed by atoms with van der Waals surface area (Å²) in [5, 5.41) is 6.18. The summed E-state index contributed by atoms with van der Waals surface area (Å²) in [4.78, 5) is 12.3. The van der Waals surface area contributed by atoms with Crippen LogP contribution in [0.2, 0.25) is 0 Å². The Morgan fingerprint density at radius 3 is 2.48 bits per heavy atom. The minimum Gasteiger partial charge on any atom is -0.335 e. The number of amides is 2. The number of hydrogen-bond donors (Lipinski definition) is 2. The predicted octanol–water partition coefficient (Wildman–Crippen LogP) is 4.68. The highest BCUT2D eigenvalue weighted by Gasteiger charge is 2.24. The standard InChI is InChI=1S/C18H28N2O/c1-13-9-5-7-11-15(13)19-17(21)20-16-12-8-6-10-14(16)18(2,3)4/h6,8,10,12-13,15H,5,7,9,11H2,1-4H3,(H2,19,20,21). The van der Waals surface area contributed by atoms with E-state index in [9.17, 15) is 4.79 Å². The first-order valence-corrected chi connectivity index (χ1v) is 8.05. The number of urea groups is 1. The van der Waals surface area contributed by atoms with E-state index < -0.39 is 0 Å². The smallest absolute Gasteiger partial charge is 0.319 e. The van der Waals surface area contributed by atoms with E-state index in [-0.39, 0.29) is 11.4 Å². The molecular formula is C18H28N2O. The van der Waals surface area contributed by atoms with Crippen molar-refractivity contribution in [3.8, 4) is 0 Å². The molecule has 2 amide bonds. The van der Waals surface area contributed by atoms with Crippen LogP contribution in [0.4, 0.5) is 10.5 Å². The average Bonchev–Trinajstić information content (AvgIpc) is 2.41. The largest absolute Gasteiger partial charge is 0.335 e. The van der Waals surface area contributed by atoms with E-state index in [2.05, 4.69) is 44.4 Å². The minimum absolute atomic E-state index is 0.0159. The fourth-order valence-corrected chi connectivity index (χ4v) is 3.10. The zero-order valence-corrected chi connectivity index (χ0v) is 13.7. The summed E-state index contributed by atoms with van der Waals surface area (Å²) in [6, 6.07) is 8.27. The van der Waals surface area contributed by atoms with Gasteiger partial charge < -0.3 is 10.6 Å². The van der Waals surface area contributed by atoms with Crippen molar-refractivity contribution in [2.45, 2.75) is 64.8 Å². The molecule has 0 aliphatic heterocycles. The molecule has 0 bridgehead atoms. The van der Waals surface area contributed by atoms with E-state index in [4.69, 9.17) is 0 Å². The van der Waals surface area contributed by atoms with Gasteiger partial charge in [-0.2, -0.15) is 0 Å². The molecule has 1 aromatic rings. The van der Waals surface area contributed by atoms with Crippen LogP contribution in [0.5, 0.6) is 0 Å². The van der Waals surface area contributed by atoms with Gasteiger partial charge in [-0.25, -0.2) is 4.79 Å². The van der Waals surface area contributed by atoms with Crippen LogP contribution < -0.4 is 10.6 Å². The summed E-state index contributed by atoms with van der Waals surface area (Å²) in [5.74, 6) is 0.572. The van der Waals surface area contributed by atoms with Crippen LogP contribution in [0.3, 0.4) is 0 Å². The molecule has 1 aliphatic carbocycles. The van der Waals surface area contributed by atoms with Gasteiger partial charge in [0.25, 0.3) is 0 Å². The van der Waals surface area contributed by atoms with Gasteiger partial charge in [0.1, 0.15) is 0 Å². The van der Waals surface area contributed by atoms with Gasteiger partial charge in [-0.05, 0) is 35.8 Å². The molecule has 2 atom stereocenters. The Morgan fingerprint density at radius 1 is 1.14 bits per heavy atom. The summed E-state index contributed by atoms with van der Waals surface area (Å²) in [7, 11) is 0. The van der Waals surface area contributed by atoms with Crippen molar-refractivity contribution in [3.63, 3.8) is 0 Å². The summed E-state index contributed by atoms with van der Waals surface area (Å²) in [6.07, 6.45) is 4.81. The highest BCUT2D eigenvalue weighted by atomic mass is 16.2. The first kappa shape index (κ1) is 15.9. The van der Waals surface area contributed by atoms with E-state index in [0.717, 1.165) is 17.7 Å². The molecule has 0 aromatic heterocycles. The predicted molar refractivity (Wildman–Crippen MR) is 88.7 cm³/mol. The number of carbonyl (C=O) groups is 1. The van der Waals surface area contributed by atoms with E-state index in [1.807, 2.05) is 18.2 Å². The minimum atomic E-state index is -0.0783. The number of nitrogens with one attached hydrogen (secondary N) is 2. The Hall–Kier alpha value is -1.51. The van der Waals surface area contributed by atoms with E-state index >= 15 is 0 Å². The van der Waals surface area contributed by atoms with Gasteiger partial charge in [-0.3, -0.25) is 0 Å². The highest BCUT2D eigenvalue weighted by molar-refractivity contribution is 5.90. The van der Waals surface area contributed by atoms with Gasteiger partial charge in [-0.1, -0.05) is 58.7 Å². The van der Waals surface area contributed by atoms with Gasteiger partial charge in [0.15, 0.2) is 0 Å². The molecule has 1 aliphatic rings. The van der Waals surface area contributed by atoms with Gasteiger partial charge >= 0.3 is 6.03 Å². The third kappa shape index (κ3) is 4.23. The molecule has 3 heteroatoms. The fourth-order valence-electron chi connectivity index (χ4n) is 3.10. The number of hydrogen-bond acceptors (Lipinski definition) is 1. The SMILES string of the molecule is CC1CCCCC1NC(=O)Nc1ccccc1C(C)(C)C. The lowest BCUT2D eigenvalue weighted by Crippen LogP contribution is -2.43. The molecule has 0 heterocycles. The second-order valence-electron chi connectivity index (χ2n) is 7.26. The normalized spacial score (nSPS) is 22.7. The van der Waals surface area contributed by atoms with Gasteiger partial charge in [0, 0.05) is 11.7 Å². The lowest BCUT2D eigenvalue weighted by Gasteiger charge is -2.30. The molecule has 1 fully saturated rings. The van der Waals surface area contributed by atoms with E-state index in [1.54, 1.807) is 0 Å². The number of para-hydroxylation sites is 1. The van der Waals surface area contributed by atoms with Crippen molar-refractivity contribution >= 4 is 11.7 Å². The monoisotopic (exact) mass is 288 g/mol. The van der Waals surface area contributed by atoms with Crippen molar-refractivity contribution in [1.82, 2.24) is 5.32 Å². The first-order valence-electron chi connectivity index (χ1n) is 8.05. The molecule has 2 unspecified atom stereocenters. The zero-order chi connectivity index (χ0) is 15.5. The maximum absolute atomic E-state index is 12.3. The number of anilines is 1. The van der Waals surface area contributed by atoms with Crippen molar-refractivity contribution in [1.29, 1.82) is 0 Å². The first-order chi connectivity index (χ1) is 9.88. The Morgan fingerprint density at radius 2 is 1.81 bits per heavy atom. The maximum Gasteiger partial charge on any atom is 0.319 e. The van der Waals surface area contributed by atoms with E-state index in [1.165, 1.54) is 19.3 Å². The van der Waals surface area contributed by atoms with Crippen molar-refractivity contribution in [2.24, 2.45) is 5.92 Å². The summed E-state index contributed by atoms with van der Waals surface area (Å²) >= 11 is 0. The Bertz CT molecular complexity index is 490. The average molecular weight is 288 g/mol. The van der Waals surface area contributed by atoms with Crippen LogP contribution in [-0.4, -0.2) is 12.1 Å². The van der Waals surface area contributed by atoms with Crippen LogP contribution in [0.15, 0.2) is 24.3 Å². The van der Waals surface area contributed by atoms with Crippen LogP contribution in [0, 0.1) is 5.92 Å². The topological polar surface area (TPSA) is 41.1 Å². The molecule has 0 radical (unpaired) electrons. The lowest BCUT2D eigenvalue weighted by molar-refractivity contribution is 0.232. The molecule has 2 N–H and O–H groups in total. The Kier molecular flexibility index (Phi) is 4.92. The lowest BCUT2D eigenvalue weighted by atomic mass is 9.85. The Labute approximate surface area is 128 Å². The molecule has 116 valence electrons. The van der Waals surface area contributed by atoms with Crippen LogP contribution in [0.1, 0.15) is 58.9 Å². The summed E-state index contributed by atoms with van der Waals surface area (Å²) < 4.78 is 0. The zero-order valence-electron chi connectivity index (χ0n) is 13.7. The molecule has 3 nitrogen and oxygen atoms in total. The second-order valence-corrected chi connectivity index (χ2v) is 7.26. The summed E-state index contributed by atoms with van der Waals surface area (Å²) in [5.41, 5.74) is 2.09. The molecule has 1 aromatic carbocycles. The number of benzene rings is 1. The molecule has 1 saturated carbocycles. The van der Waals surface area contributed by atoms with Crippen molar-refractivity contribution in [2.75, 3.05) is 5.32 Å². The second kappa shape index (κ2) is 6.50. The van der Waals surface area contributed by atoms with Crippen molar-refractivity contribution < 1.29 is 4.79 Å². The van der Waals surface area contributed by atoms with Gasteiger partial charge in [-0.15, -0.1) is 0 Å². The van der Waals surface area contributed by atoms with Gasteiger partial charge in [0.2, 0.25) is 0 Å². The molecule has 21 heavy (non-hydrogen) atoms. The summed E-state index contributed by atoms with van der Waals surface area (Å²) in [6.45, 7) is 8.71. The molecule has 0 saturated heterocycles. The quantitative estimate of drug-likeness (QED) is 0.814. The number of rotatable bonds is 2. The fraction of sp³-hybridized carbons (Fsp3) is 0.611. The van der Waals surface area contributed by atoms with Crippen molar-refractivity contribution in [3.05, 3.63) is 29.8 Å². The van der Waals surface area contributed by atoms with E-state index in [0.29, 0.717) is 12.0 Å². The van der Waals surface area contributed by atoms with Crippen LogP contribution in [0.25, 0.3) is 0 Å². The molecule has 2 rings (SSSR count). The van der Waals surface area contributed by atoms with Gasteiger partial charge in [0.05, 0.1) is 0 Å². The maximum atomic E-state index is 12.3. The molecule has 0 spiro atoms. The Balaban J connectivity index is 2.03. The van der Waals surface area contributed by atoms with Crippen LogP contribution >= 0.6 is 0 Å². The number of carbonyl (C=O) groups excluding carboxylic acids is 1. The third-order valence-electron chi connectivity index (χ3n) is 4.41.